The number of nitrogens with one attached hydrogen (secondary N) is 3. The van der Waals surface area contributed by atoms with Crippen LogP contribution in [-0.4, -0.2) is 39.0 Å². The summed E-state index contributed by atoms with van der Waals surface area (Å²) in [6, 6.07) is 11.0. The Morgan fingerprint density at radius 1 is 0.912 bits per heavy atom. The Kier molecular flexibility index (Phi) is 7.82. The van der Waals surface area contributed by atoms with E-state index in [0.717, 1.165) is 24.3 Å². The highest BCUT2D eigenvalue weighted by Crippen LogP contribution is 2.18. The molecular weight excluding hydrogens is 509 g/mol. The number of benzene rings is 2. The van der Waals surface area contributed by atoms with Gasteiger partial charge in [0.15, 0.2) is 11.0 Å². The van der Waals surface area contributed by atoms with Gasteiger partial charge in [0.05, 0.1) is 9.79 Å². The van der Waals surface area contributed by atoms with E-state index in [-0.39, 0.29) is 32.9 Å². The molecule has 0 fully saturated rings. The topological polar surface area (TPSA) is 147 Å². The summed E-state index contributed by atoms with van der Waals surface area (Å²) in [7, 11) is -8.05. The smallest absolute Gasteiger partial charge is 0.263 e. The highest BCUT2D eigenvalue weighted by molar-refractivity contribution is 7.92. The van der Waals surface area contributed by atoms with Gasteiger partial charge in [-0.1, -0.05) is 18.5 Å². The summed E-state index contributed by atoms with van der Waals surface area (Å²) in [5.74, 6) is -1.27. The zero-order valence-electron chi connectivity index (χ0n) is 17.6. The summed E-state index contributed by atoms with van der Waals surface area (Å²) in [6.07, 6.45) is 0.130. The molecule has 14 heteroatoms. The number of rotatable bonds is 9. The Morgan fingerprint density at radius 3 is 2.06 bits per heavy atom. The summed E-state index contributed by atoms with van der Waals surface area (Å²) in [5, 5.41) is 9.82. The Balaban J connectivity index is 1.68. The first-order chi connectivity index (χ1) is 16.0. The molecule has 0 saturated carbocycles. The van der Waals surface area contributed by atoms with E-state index in [2.05, 4.69) is 25.0 Å². The van der Waals surface area contributed by atoms with E-state index in [0.29, 0.717) is 0 Å². The first-order valence-electron chi connectivity index (χ1n) is 9.71. The van der Waals surface area contributed by atoms with Crippen LogP contribution in [0.5, 0.6) is 0 Å². The molecule has 3 N–H and O–H groups in total. The number of hydrogen-bond acceptors (Lipinski definition) is 7. The molecule has 0 aliphatic rings. The fourth-order valence-electron chi connectivity index (χ4n) is 2.71. The van der Waals surface area contributed by atoms with Gasteiger partial charge in [0.1, 0.15) is 11.9 Å². The lowest BCUT2D eigenvalue weighted by Crippen LogP contribution is -2.43. The predicted molar refractivity (Wildman–Crippen MR) is 124 cm³/mol. The van der Waals surface area contributed by atoms with E-state index in [4.69, 9.17) is 11.6 Å². The number of aromatic nitrogens is 2. The maximum absolute atomic E-state index is 13.1. The van der Waals surface area contributed by atoms with Crippen LogP contribution in [0.1, 0.15) is 13.3 Å². The van der Waals surface area contributed by atoms with Crippen LogP contribution in [0.4, 0.5) is 15.9 Å². The molecule has 180 valence electrons. The lowest BCUT2D eigenvalue weighted by molar-refractivity contribution is -0.117. The lowest BCUT2D eigenvalue weighted by atomic mass is 10.2. The molecule has 2 aromatic carbocycles. The molecule has 10 nitrogen and oxygen atoms in total. The molecule has 0 spiro atoms. The standard InChI is InChI=1S/C20H19ClFN5O5S2/c1-2-17(26-33(29,30)15-7-3-13(22)4-8-15)20(28)23-14-5-9-16(10-6-14)34(31,32)27-19-12-11-18(21)24-25-19/h3-12,17,26H,2H2,1H3,(H,23,28)(H,25,27). The van der Waals surface area contributed by atoms with Gasteiger partial charge in [0, 0.05) is 5.69 Å². The molecule has 0 saturated heterocycles. The van der Waals surface area contributed by atoms with Gasteiger partial charge in [-0.15, -0.1) is 10.2 Å². The number of nitrogens with zero attached hydrogens (tertiary/aromatic N) is 2. The van der Waals surface area contributed by atoms with Crippen molar-refractivity contribution in [2.45, 2.75) is 29.2 Å². The van der Waals surface area contributed by atoms with E-state index >= 15 is 0 Å². The average Bonchev–Trinajstić information content (AvgIpc) is 2.79. The first-order valence-corrected chi connectivity index (χ1v) is 13.1. The summed E-state index contributed by atoms with van der Waals surface area (Å²) in [6.45, 7) is 1.61. The maximum Gasteiger partial charge on any atom is 0.263 e. The van der Waals surface area contributed by atoms with Gasteiger partial charge < -0.3 is 5.32 Å². The van der Waals surface area contributed by atoms with Crippen molar-refractivity contribution in [3.05, 3.63) is 71.6 Å². The number of hydrogen-bond donors (Lipinski definition) is 3. The molecule has 0 aliphatic carbocycles. The largest absolute Gasteiger partial charge is 0.325 e. The fraction of sp³-hybridized carbons (Fsp3) is 0.150. The molecule has 1 aromatic heterocycles. The summed E-state index contributed by atoms with van der Waals surface area (Å²) in [5.41, 5.74) is 0.245. The van der Waals surface area contributed by atoms with Crippen LogP contribution in [0.25, 0.3) is 0 Å². The third kappa shape index (κ3) is 6.47. The fourth-order valence-corrected chi connectivity index (χ4v) is 5.08. The number of halogens is 2. The number of sulfonamides is 2. The molecule has 3 aromatic rings. The second-order valence-electron chi connectivity index (χ2n) is 6.90. The molecule has 1 heterocycles. The van der Waals surface area contributed by atoms with E-state index in [1.807, 2.05) is 0 Å². The Bertz CT molecular complexity index is 1370. The quantitative estimate of drug-likeness (QED) is 0.387. The van der Waals surface area contributed by atoms with Crippen LogP contribution in [0.3, 0.4) is 0 Å². The van der Waals surface area contributed by atoms with E-state index in [1.54, 1.807) is 6.92 Å². The molecular formula is C20H19ClFN5O5S2. The van der Waals surface area contributed by atoms with Gasteiger partial charge in [-0.25, -0.2) is 21.2 Å². The van der Waals surface area contributed by atoms with Gasteiger partial charge >= 0.3 is 0 Å². The summed E-state index contributed by atoms with van der Waals surface area (Å²) < 4.78 is 67.5. The third-order valence-corrected chi connectivity index (χ3v) is 7.51. The van der Waals surface area contributed by atoms with Crippen molar-refractivity contribution in [1.29, 1.82) is 0 Å². The Morgan fingerprint density at radius 2 is 1.50 bits per heavy atom. The van der Waals surface area contributed by atoms with Gasteiger partial charge in [0.25, 0.3) is 10.0 Å². The van der Waals surface area contributed by atoms with E-state index < -0.39 is 37.8 Å². The van der Waals surface area contributed by atoms with Crippen molar-refractivity contribution in [3.8, 4) is 0 Å². The van der Waals surface area contributed by atoms with Gasteiger partial charge in [-0.05, 0) is 67.1 Å². The zero-order valence-corrected chi connectivity index (χ0v) is 20.0. The number of carbonyl (C=O) groups excluding carboxylic acids is 1. The van der Waals surface area contributed by atoms with Crippen molar-refractivity contribution in [1.82, 2.24) is 14.9 Å². The number of carbonyl (C=O) groups is 1. The molecule has 3 rings (SSSR count). The molecule has 1 unspecified atom stereocenters. The summed E-state index contributed by atoms with van der Waals surface area (Å²) >= 11 is 5.63. The van der Waals surface area contributed by atoms with Gasteiger partial charge in [-0.3, -0.25) is 9.52 Å². The van der Waals surface area contributed by atoms with Crippen molar-refractivity contribution >= 4 is 49.1 Å². The van der Waals surface area contributed by atoms with E-state index in [9.17, 15) is 26.0 Å². The SMILES string of the molecule is CCC(NS(=O)(=O)c1ccc(F)cc1)C(=O)Nc1ccc(S(=O)(=O)Nc2ccc(Cl)nn2)cc1. The molecule has 0 bridgehead atoms. The molecule has 1 atom stereocenters. The Labute approximate surface area is 200 Å². The predicted octanol–water partition coefficient (Wildman–Crippen LogP) is 2.77. The van der Waals surface area contributed by atoms with E-state index in [1.165, 1.54) is 36.4 Å². The van der Waals surface area contributed by atoms with Crippen LogP contribution in [0.15, 0.2) is 70.5 Å². The van der Waals surface area contributed by atoms with Gasteiger partial charge in [-0.2, -0.15) is 4.72 Å². The minimum atomic E-state index is -4.07. The number of amides is 1. The molecule has 0 aliphatic heterocycles. The minimum absolute atomic E-state index is 0.0268. The maximum atomic E-state index is 13.1. The number of anilines is 2. The highest BCUT2D eigenvalue weighted by atomic mass is 35.5. The lowest BCUT2D eigenvalue weighted by Gasteiger charge is -2.17. The van der Waals surface area contributed by atoms with Crippen LogP contribution < -0.4 is 14.8 Å². The average molecular weight is 528 g/mol. The monoisotopic (exact) mass is 527 g/mol. The van der Waals surface area contributed by atoms with Crippen molar-refractivity contribution in [2.24, 2.45) is 0 Å². The van der Waals surface area contributed by atoms with Crippen molar-refractivity contribution < 1.29 is 26.0 Å². The molecule has 1 amide bonds. The van der Waals surface area contributed by atoms with Crippen LogP contribution >= 0.6 is 11.6 Å². The zero-order chi connectivity index (χ0) is 24.9. The normalized spacial score (nSPS) is 12.7. The third-order valence-electron chi connectivity index (χ3n) is 4.45. The van der Waals surface area contributed by atoms with Gasteiger partial charge in [0.2, 0.25) is 15.9 Å². The second kappa shape index (κ2) is 10.4. The van der Waals surface area contributed by atoms with Crippen molar-refractivity contribution in [2.75, 3.05) is 10.0 Å². The minimum Gasteiger partial charge on any atom is -0.325 e. The Hall–Kier alpha value is -3.13. The highest BCUT2D eigenvalue weighted by Gasteiger charge is 2.25. The second-order valence-corrected chi connectivity index (χ2v) is 10.7. The van der Waals surface area contributed by atoms with Crippen LogP contribution in [-0.2, 0) is 24.8 Å². The molecule has 34 heavy (non-hydrogen) atoms. The summed E-state index contributed by atoms with van der Waals surface area (Å²) in [4.78, 5) is 12.3. The molecule has 0 radical (unpaired) electrons. The first kappa shape index (κ1) is 25.5. The van der Waals surface area contributed by atoms with Crippen LogP contribution in [0, 0.1) is 5.82 Å². The van der Waals surface area contributed by atoms with Crippen LogP contribution in [0.2, 0.25) is 5.15 Å². The van der Waals surface area contributed by atoms with Crippen molar-refractivity contribution in [3.63, 3.8) is 0 Å².